The average Bonchev–Trinajstić information content (AvgIpc) is 2.66. The molecule has 0 unspecified atom stereocenters. The van der Waals surface area contributed by atoms with E-state index in [1.807, 2.05) is 18.2 Å². The normalized spacial score (nSPS) is 10.6. The molecule has 0 fully saturated rings. The maximum absolute atomic E-state index is 11.9. The van der Waals surface area contributed by atoms with Crippen LogP contribution in [0.15, 0.2) is 53.7 Å². The zero-order valence-corrected chi connectivity index (χ0v) is 15.8. The highest BCUT2D eigenvalue weighted by Crippen LogP contribution is 2.19. The Bertz CT molecular complexity index is 885. The SMILES string of the molecule is C/C(C#Cc1ccc(Cl)cc1)=N\OCc1ccccc1N(N)C(=O)N(C)N. The lowest BCUT2D eigenvalue weighted by molar-refractivity contribution is 0.131. The Balaban J connectivity index is 2.03. The molecule has 27 heavy (non-hydrogen) atoms. The Kier molecular flexibility index (Phi) is 7.20. The number of rotatable bonds is 4. The number of halogens is 1. The van der Waals surface area contributed by atoms with Gasteiger partial charge in [0.25, 0.3) is 0 Å². The van der Waals surface area contributed by atoms with Crippen LogP contribution in [0.25, 0.3) is 0 Å². The molecule has 2 rings (SSSR count). The molecule has 2 aromatic carbocycles. The molecule has 2 amide bonds. The molecular formula is C19H20ClN5O2. The predicted molar refractivity (Wildman–Crippen MR) is 107 cm³/mol. The highest BCUT2D eigenvalue weighted by Gasteiger charge is 2.17. The summed E-state index contributed by atoms with van der Waals surface area (Å²) >= 11 is 5.84. The summed E-state index contributed by atoms with van der Waals surface area (Å²) in [5.41, 5.74) is 2.48. The van der Waals surface area contributed by atoms with Gasteiger partial charge in [-0.05, 0) is 43.2 Å². The first kappa shape index (κ1) is 20.3. The van der Waals surface area contributed by atoms with Gasteiger partial charge < -0.3 is 4.84 Å². The molecule has 0 spiro atoms. The van der Waals surface area contributed by atoms with Crippen LogP contribution >= 0.6 is 11.6 Å². The minimum atomic E-state index is -0.559. The number of amides is 2. The van der Waals surface area contributed by atoms with Crippen molar-refractivity contribution in [3.63, 3.8) is 0 Å². The van der Waals surface area contributed by atoms with Crippen molar-refractivity contribution in [2.24, 2.45) is 16.8 Å². The van der Waals surface area contributed by atoms with Gasteiger partial charge in [0, 0.05) is 23.2 Å². The van der Waals surface area contributed by atoms with E-state index >= 15 is 0 Å². The van der Waals surface area contributed by atoms with Crippen LogP contribution in [0.3, 0.4) is 0 Å². The lowest BCUT2D eigenvalue weighted by Gasteiger charge is -2.22. The number of carbonyl (C=O) groups excluding carboxylic acids is 1. The smallest absolute Gasteiger partial charge is 0.352 e. The predicted octanol–water partition coefficient (Wildman–Crippen LogP) is 2.89. The fourth-order valence-corrected chi connectivity index (χ4v) is 2.18. The number of nitrogens with zero attached hydrogens (tertiary/aromatic N) is 3. The quantitative estimate of drug-likeness (QED) is 0.278. The van der Waals surface area contributed by atoms with Gasteiger partial charge in [0.2, 0.25) is 0 Å². The van der Waals surface area contributed by atoms with Gasteiger partial charge in [-0.1, -0.05) is 40.9 Å². The van der Waals surface area contributed by atoms with Crippen molar-refractivity contribution in [3.05, 3.63) is 64.7 Å². The van der Waals surface area contributed by atoms with E-state index in [0.29, 0.717) is 22.0 Å². The van der Waals surface area contributed by atoms with Gasteiger partial charge in [-0.25, -0.2) is 21.5 Å². The van der Waals surface area contributed by atoms with Crippen LogP contribution in [0.5, 0.6) is 0 Å². The molecule has 0 aliphatic carbocycles. The number of urea groups is 1. The highest BCUT2D eigenvalue weighted by atomic mass is 35.5. The zero-order valence-electron chi connectivity index (χ0n) is 15.0. The number of anilines is 1. The lowest BCUT2D eigenvalue weighted by Crippen LogP contribution is -2.48. The monoisotopic (exact) mass is 385 g/mol. The second kappa shape index (κ2) is 9.59. The van der Waals surface area contributed by atoms with Crippen molar-refractivity contribution in [1.82, 2.24) is 5.01 Å². The van der Waals surface area contributed by atoms with Crippen LogP contribution in [0, 0.1) is 11.8 Å². The summed E-state index contributed by atoms with van der Waals surface area (Å²) in [7, 11) is 1.41. The second-order valence-electron chi connectivity index (χ2n) is 5.60. The van der Waals surface area contributed by atoms with Crippen molar-refractivity contribution in [2.75, 3.05) is 12.1 Å². The van der Waals surface area contributed by atoms with Crippen molar-refractivity contribution < 1.29 is 9.63 Å². The third-order valence-corrected chi connectivity index (χ3v) is 3.66. The van der Waals surface area contributed by atoms with Gasteiger partial charge in [0.05, 0.1) is 5.69 Å². The van der Waals surface area contributed by atoms with Crippen LogP contribution in [0.1, 0.15) is 18.1 Å². The Morgan fingerprint density at radius 3 is 2.52 bits per heavy atom. The number of para-hydroxylation sites is 1. The summed E-state index contributed by atoms with van der Waals surface area (Å²) in [4.78, 5) is 17.3. The van der Waals surface area contributed by atoms with Gasteiger partial charge >= 0.3 is 6.03 Å². The molecule has 8 heteroatoms. The van der Waals surface area contributed by atoms with Crippen LogP contribution in [0.2, 0.25) is 5.02 Å². The Morgan fingerprint density at radius 2 is 1.85 bits per heavy atom. The summed E-state index contributed by atoms with van der Waals surface area (Å²) in [5, 5.41) is 6.47. The van der Waals surface area contributed by atoms with E-state index in [1.165, 1.54) is 7.05 Å². The molecule has 2 aromatic rings. The largest absolute Gasteiger partial charge is 0.390 e. The molecule has 4 N–H and O–H groups in total. The Labute approximate surface area is 163 Å². The molecular weight excluding hydrogens is 366 g/mol. The van der Waals surface area contributed by atoms with E-state index in [2.05, 4.69) is 17.0 Å². The molecule has 0 bridgehead atoms. The molecule has 7 nitrogen and oxygen atoms in total. The van der Waals surface area contributed by atoms with E-state index in [4.69, 9.17) is 28.1 Å². The van der Waals surface area contributed by atoms with Gasteiger partial charge in [0.15, 0.2) is 0 Å². The maximum Gasteiger partial charge on any atom is 0.352 e. The first-order valence-corrected chi connectivity index (χ1v) is 8.35. The number of nitrogens with two attached hydrogens (primary N) is 2. The Morgan fingerprint density at radius 1 is 1.19 bits per heavy atom. The van der Waals surface area contributed by atoms with Crippen LogP contribution in [-0.4, -0.2) is 23.8 Å². The summed E-state index contributed by atoms with van der Waals surface area (Å²) in [6.45, 7) is 1.85. The van der Waals surface area contributed by atoms with E-state index in [-0.39, 0.29) is 6.61 Å². The highest BCUT2D eigenvalue weighted by molar-refractivity contribution is 6.30. The molecule has 0 saturated carbocycles. The molecule has 140 valence electrons. The van der Waals surface area contributed by atoms with Crippen LogP contribution < -0.4 is 16.7 Å². The van der Waals surface area contributed by atoms with E-state index in [1.54, 1.807) is 37.3 Å². The Hall–Kier alpha value is -3.05. The number of carbonyl (C=O) groups is 1. The minimum Gasteiger partial charge on any atom is -0.390 e. The van der Waals surface area contributed by atoms with E-state index < -0.39 is 6.03 Å². The molecule has 0 saturated heterocycles. The summed E-state index contributed by atoms with van der Waals surface area (Å²) in [6.07, 6.45) is 0. The van der Waals surface area contributed by atoms with Crippen molar-refractivity contribution in [3.8, 4) is 11.8 Å². The number of hydrogen-bond acceptors (Lipinski definition) is 5. The van der Waals surface area contributed by atoms with Gasteiger partial charge in [-0.15, -0.1) is 0 Å². The molecule has 0 atom stereocenters. The zero-order chi connectivity index (χ0) is 19.8. The van der Waals surface area contributed by atoms with E-state index in [0.717, 1.165) is 15.6 Å². The van der Waals surface area contributed by atoms with Crippen molar-refractivity contribution >= 4 is 29.0 Å². The molecule has 0 aliphatic heterocycles. The topological polar surface area (TPSA) is 97.2 Å². The number of hydrogen-bond donors (Lipinski definition) is 2. The first-order chi connectivity index (χ1) is 12.9. The number of benzene rings is 2. The van der Waals surface area contributed by atoms with Crippen molar-refractivity contribution in [1.29, 1.82) is 0 Å². The molecule has 0 aliphatic rings. The average molecular weight is 386 g/mol. The van der Waals surface area contributed by atoms with Gasteiger partial charge in [-0.2, -0.15) is 0 Å². The maximum atomic E-state index is 11.9. The standard InChI is InChI=1S/C19H20ClN5O2/c1-14(7-8-15-9-11-17(20)12-10-15)23-27-13-16-5-3-4-6-18(16)25(22)19(26)24(2)21/h3-6,9-12H,13,21-22H2,1-2H3/b23-14+. The van der Waals surface area contributed by atoms with Gasteiger partial charge in [-0.3, -0.25) is 5.01 Å². The fourth-order valence-electron chi connectivity index (χ4n) is 2.06. The summed E-state index contributed by atoms with van der Waals surface area (Å²) in [5.74, 6) is 17.1. The molecule has 0 aromatic heterocycles. The molecule has 0 radical (unpaired) electrons. The lowest BCUT2D eigenvalue weighted by atomic mass is 10.2. The minimum absolute atomic E-state index is 0.116. The molecule has 0 heterocycles. The van der Waals surface area contributed by atoms with Crippen molar-refractivity contribution in [2.45, 2.75) is 13.5 Å². The van der Waals surface area contributed by atoms with E-state index in [9.17, 15) is 4.79 Å². The third kappa shape index (κ3) is 6.01. The third-order valence-electron chi connectivity index (χ3n) is 3.41. The number of hydrazine groups is 2. The summed E-state index contributed by atoms with van der Waals surface area (Å²) < 4.78 is 0. The van der Waals surface area contributed by atoms with Crippen LogP contribution in [0.4, 0.5) is 10.5 Å². The summed E-state index contributed by atoms with van der Waals surface area (Å²) in [6, 6.07) is 13.7. The first-order valence-electron chi connectivity index (χ1n) is 7.97. The number of oxime groups is 1. The second-order valence-corrected chi connectivity index (χ2v) is 6.04. The van der Waals surface area contributed by atoms with Crippen LogP contribution in [-0.2, 0) is 11.4 Å². The van der Waals surface area contributed by atoms with Gasteiger partial charge in [0.1, 0.15) is 12.3 Å². The fraction of sp³-hybridized carbons (Fsp3) is 0.158.